The number of amides is 1. The molecule has 1 amide bonds. The van der Waals surface area contributed by atoms with Gasteiger partial charge in [-0.1, -0.05) is 6.92 Å². The van der Waals surface area contributed by atoms with Gasteiger partial charge in [0.2, 0.25) is 0 Å². The van der Waals surface area contributed by atoms with Gasteiger partial charge < -0.3 is 19.6 Å². The molecule has 1 aromatic heterocycles. The number of carbonyl (C=O) groups is 2. The summed E-state index contributed by atoms with van der Waals surface area (Å²) in [7, 11) is 0. The highest BCUT2D eigenvalue weighted by atomic mass is 16.5. The van der Waals surface area contributed by atoms with Crippen LogP contribution in [0, 0.1) is 13.8 Å². The molecule has 0 unspecified atom stereocenters. The lowest BCUT2D eigenvalue weighted by atomic mass is 10.2. The molecule has 0 radical (unpaired) electrons. The molecule has 2 N–H and O–H groups in total. The maximum absolute atomic E-state index is 12.2. The van der Waals surface area contributed by atoms with Gasteiger partial charge in [0.15, 0.2) is 12.4 Å². The van der Waals surface area contributed by atoms with E-state index >= 15 is 0 Å². The first kappa shape index (κ1) is 16.6. The Morgan fingerprint density at radius 2 is 1.96 bits per heavy atom. The van der Waals surface area contributed by atoms with Crippen molar-refractivity contribution in [3.63, 3.8) is 0 Å². The number of aliphatic carboxylic acids is 1. The van der Waals surface area contributed by atoms with Crippen molar-refractivity contribution in [2.24, 2.45) is 0 Å². The molecule has 1 heterocycles. The van der Waals surface area contributed by atoms with E-state index in [0.29, 0.717) is 11.4 Å². The Morgan fingerprint density at radius 3 is 2.52 bits per heavy atom. The summed E-state index contributed by atoms with van der Waals surface area (Å²) in [5, 5.41) is 11.4. The van der Waals surface area contributed by atoms with Crippen LogP contribution in [0.4, 0.5) is 5.69 Å². The van der Waals surface area contributed by atoms with Crippen LogP contribution in [0.15, 0.2) is 28.7 Å². The standard InChI is InChI=1S/C17H19NO5/c1-4-14-11(3)8-15(23-14)17(21)18-13-6-5-12(7-10(13)2)22-9-16(19)20/h5-8H,4,9H2,1-3H3,(H,18,21)(H,19,20). The lowest BCUT2D eigenvalue weighted by Gasteiger charge is -2.09. The summed E-state index contributed by atoms with van der Waals surface area (Å²) in [4.78, 5) is 22.7. The maximum Gasteiger partial charge on any atom is 0.341 e. The molecule has 0 spiro atoms. The molecule has 1 aromatic carbocycles. The number of hydrogen-bond donors (Lipinski definition) is 2. The molecule has 0 saturated carbocycles. The van der Waals surface area contributed by atoms with Crippen LogP contribution in [0.1, 0.15) is 34.4 Å². The van der Waals surface area contributed by atoms with Crippen molar-refractivity contribution in [2.75, 3.05) is 11.9 Å². The second-order valence-electron chi connectivity index (χ2n) is 5.18. The van der Waals surface area contributed by atoms with Crippen molar-refractivity contribution < 1.29 is 23.8 Å². The van der Waals surface area contributed by atoms with E-state index < -0.39 is 12.6 Å². The van der Waals surface area contributed by atoms with Gasteiger partial charge in [-0.3, -0.25) is 4.79 Å². The van der Waals surface area contributed by atoms with Crippen LogP contribution in [0.5, 0.6) is 5.75 Å². The minimum absolute atomic E-state index is 0.268. The molecule has 2 aromatic rings. The first-order chi connectivity index (χ1) is 10.9. The Hall–Kier alpha value is -2.76. The molecule has 0 atom stereocenters. The first-order valence-electron chi connectivity index (χ1n) is 7.26. The molecule has 0 bridgehead atoms. The van der Waals surface area contributed by atoms with Crippen LogP contribution in [0.2, 0.25) is 0 Å². The van der Waals surface area contributed by atoms with Gasteiger partial charge in [-0.05, 0) is 49.2 Å². The summed E-state index contributed by atoms with van der Waals surface area (Å²) in [5.41, 5.74) is 2.33. The van der Waals surface area contributed by atoms with E-state index in [9.17, 15) is 9.59 Å². The number of carboxylic acids is 1. The summed E-state index contributed by atoms with van der Waals surface area (Å²) >= 11 is 0. The number of anilines is 1. The number of hydrogen-bond acceptors (Lipinski definition) is 4. The lowest BCUT2D eigenvalue weighted by Crippen LogP contribution is -2.12. The van der Waals surface area contributed by atoms with Crippen LogP contribution < -0.4 is 10.1 Å². The molecule has 122 valence electrons. The third kappa shape index (κ3) is 4.12. The normalized spacial score (nSPS) is 10.4. The second kappa shape index (κ2) is 7.00. The molecule has 0 aliphatic heterocycles. The van der Waals surface area contributed by atoms with Crippen molar-refractivity contribution in [3.8, 4) is 5.75 Å². The van der Waals surface area contributed by atoms with E-state index in [1.165, 1.54) is 0 Å². The average Bonchev–Trinajstić information content (AvgIpc) is 2.88. The monoisotopic (exact) mass is 317 g/mol. The van der Waals surface area contributed by atoms with Gasteiger partial charge in [0.25, 0.3) is 5.91 Å². The largest absolute Gasteiger partial charge is 0.482 e. The van der Waals surface area contributed by atoms with Crippen LogP contribution in [0.3, 0.4) is 0 Å². The van der Waals surface area contributed by atoms with Gasteiger partial charge in [-0.25, -0.2) is 4.79 Å². The zero-order chi connectivity index (χ0) is 17.0. The molecule has 0 aliphatic carbocycles. The average molecular weight is 317 g/mol. The molecule has 0 saturated heterocycles. The molecular weight excluding hydrogens is 298 g/mol. The Morgan fingerprint density at radius 1 is 1.22 bits per heavy atom. The van der Waals surface area contributed by atoms with Crippen LogP contribution >= 0.6 is 0 Å². The van der Waals surface area contributed by atoms with Crippen molar-refractivity contribution >= 4 is 17.6 Å². The third-order valence-electron chi connectivity index (χ3n) is 3.37. The van der Waals surface area contributed by atoms with Gasteiger partial charge in [-0.2, -0.15) is 0 Å². The summed E-state index contributed by atoms with van der Waals surface area (Å²) < 4.78 is 10.6. The number of furan rings is 1. The quantitative estimate of drug-likeness (QED) is 0.854. The maximum atomic E-state index is 12.2. The van der Waals surface area contributed by atoms with Crippen molar-refractivity contribution in [1.82, 2.24) is 0 Å². The van der Waals surface area contributed by atoms with Crippen molar-refractivity contribution in [2.45, 2.75) is 27.2 Å². The number of nitrogens with one attached hydrogen (secondary N) is 1. The van der Waals surface area contributed by atoms with Crippen molar-refractivity contribution in [3.05, 3.63) is 46.9 Å². The molecule has 0 fully saturated rings. The predicted molar refractivity (Wildman–Crippen MR) is 85.1 cm³/mol. The number of carboxylic acid groups (broad SMARTS) is 1. The van der Waals surface area contributed by atoms with E-state index in [1.807, 2.05) is 13.8 Å². The minimum atomic E-state index is -1.04. The summed E-state index contributed by atoms with van der Waals surface area (Å²) in [5.74, 6) is 0.134. The number of rotatable bonds is 6. The van der Waals surface area contributed by atoms with Gasteiger partial charge in [0, 0.05) is 12.1 Å². The number of ether oxygens (including phenoxy) is 1. The second-order valence-corrected chi connectivity index (χ2v) is 5.18. The molecule has 23 heavy (non-hydrogen) atoms. The Balaban J connectivity index is 2.09. The highest BCUT2D eigenvalue weighted by Gasteiger charge is 2.15. The van der Waals surface area contributed by atoms with Gasteiger partial charge in [0.1, 0.15) is 11.5 Å². The topological polar surface area (TPSA) is 88.8 Å². The highest BCUT2D eigenvalue weighted by molar-refractivity contribution is 6.02. The molecular formula is C17H19NO5. The van der Waals surface area contributed by atoms with Gasteiger partial charge in [0.05, 0.1) is 0 Å². The van der Waals surface area contributed by atoms with Gasteiger partial charge >= 0.3 is 5.97 Å². The molecule has 2 rings (SSSR count). The van der Waals surface area contributed by atoms with E-state index in [1.54, 1.807) is 31.2 Å². The predicted octanol–water partition coefficient (Wildman–Crippen LogP) is 3.17. The Kier molecular flexibility index (Phi) is 5.05. The SMILES string of the molecule is CCc1oc(C(=O)Nc2ccc(OCC(=O)O)cc2C)cc1C. The van der Waals surface area contributed by atoms with Crippen molar-refractivity contribution in [1.29, 1.82) is 0 Å². The third-order valence-corrected chi connectivity index (χ3v) is 3.37. The fourth-order valence-electron chi connectivity index (χ4n) is 2.18. The fraction of sp³-hybridized carbons (Fsp3) is 0.294. The molecule has 0 aliphatic rings. The zero-order valence-electron chi connectivity index (χ0n) is 13.3. The smallest absolute Gasteiger partial charge is 0.341 e. The van der Waals surface area contributed by atoms with Crippen LogP contribution in [0.25, 0.3) is 0 Å². The molecule has 6 heteroatoms. The zero-order valence-corrected chi connectivity index (χ0v) is 13.3. The lowest BCUT2D eigenvalue weighted by molar-refractivity contribution is -0.139. The van der Waals surface area contributed by atoms with E-state index in [0.717, 1.165) is 23.3 Å². The highest BCUT2D eigenvalue weighted by Crippen LogP contribution is 2.23. The first-order valence-corrected chi connectivity index (χ1v) is 7.26. The van der Waals surface area contributed by atoms with Gasteiger partial charge in [-0.15, -0.1) is 0 Å². The fourth-order valence-corrected chi connectivity index (χ4v) is 2.18. The van der Waals surface area contributed by atoms with E-state index in [-0.39, 0.29) is 11.7 Å². The summed E-state index contributed by atoms with van der Waals surface area (Å²) in [6.45, 7) is 5.26. The number of benzene rings is 1. The van der Waals surface area contributed by atoms with Crippen LogP contribution in [-0.4, -0.2) is 23.6 Å². The summed E-state index contributed by atoms with van der Waals surface area (Å²) in [6, 6.07) is 6.66. The Bertz CT molecular complexity index is 733. The number of aryl methyl sites for hydroxylation is 3. The molecule has 6 nitrogen and oxygen atoms in total. The summed E-state index contributed by atoms with van der Waals surface area (Å²) in [6.07, 6.45) is 0.730. The van der Waals surface area contributed by atoms with E-state index in [4.69, 9.17) is 14.3 Å². The minimum Gasteiger partial charge on any atom is -0.482 e. The Labute approximate surface area is 134 Å². The number of carbonyl (C=O) groups excluding carboxylic acids is 1. The van der Waals surface area contributed by atoms with E-state index in [2.05, 4.69) is 5.32 Å². The van der Waals surface area contributed by atoms with Crippen LogP contribution in [-0.2, 0) is 11.2 Å².